The van der Waals surface area contributed by atoms with Gasteiger partial charge in [0.2, 0.25) is 0 Å². The van der Waals surface area contributed by atoms with Crippen molar-refractivity contribution in [3.8, 4) is 67.5 Å². The Bertz CT molecular complexity index is 2390. The number of hydrogen-bond acceptors (Lipinski definition) is 4. The fraction of sp³-hybridized carbons (Fsp3) is 0.208. The van der Waals surface area contributed by atoms with Crippen molar-refractivity contribution in [2.45, 2.75) is 37.5 Å². The van der Waals surface area contributed by atoms with Gasteiger partial charge in [0.05, 0.1) is 0 Å². The Morgan fingerprint density at radius 1 is 0.404 bits per heavy atom. The van der Waals surface area contributed by atoms with Crippen LogP contribution in [-0.2, 0) is 5.41 Å². The van der Waals surface area contributed by atoms with Crippen molar-refractivity contribution >= 4 is 0 Å². The molecule has 4 heteroatoms. The van der Waals surface area contributed by atoms with Crippen molar-refractivity contribution in [1.29, 1.82) is 0 Å². The molecule has 0 atom stereocenters. The van der Waals surface area contributed by atoms with E-state index in [0.29, 0.717) is 17.5 Å². The highest BCUT2D eigenvalue weighted by Gasteiger charge is 2.61. The van der Waals surface area contributed by atoms with Crippen molar-refractivity contribution < 1.29 is 0 Å². The Morgan fingerprint density at radius 2 is 0.942 bits per heavy atom. The second-order valence-corrected chi connectivity index (χ2v) is 15.6. The van der Waals surface area contributed by atoms with E-state index in [-0.39, 0.29) is 5.41 Å². The van der Waals surface area contributed by atoms with Gasteiger partial charge >= 0.3 is 0 Å². The highest BCUT2D eigenvalue weighted by Crippen LogP contribution is 2.69. The minimum Gasteiger partial charge on any atom is -0.264 e. The van der Waals surface area contributed by atoms with E-state index in [1.54, 1.807) is 11.1 Å². The van der Waals surface area contributed by atoms with E-state index in [1.807, 2.05) is 54.9 Å². The summed E-state index contributed by atoms with van der Waals surface area (Å²) in [7, 11) is 0. The molecule has 4 saturated carbocycles. The van der Waals surface area contributed by atoms with Crippen LogP contribution in [0.15, 0.2) is 146 Å². The van der Waals surface area contributed by atoms with Crippen molar-refractivity contribution in [2.75, 3.05) is 0 Å². The van der Waals surface area contributed by atoms with E-state index in [9.17, 15) is 0 Å². The Balaban J connectivity index is 1.11. The molecule has 250 valence electrons. The first-order valence-corrected chi connectivity index (χ1v) is 18.9. The smallest absolute Gasteiger partial charge is 0.164 e. The van der Waals surface area contributed by atoms with Gasteiger partial charge in [-0.25, -0.2) is 15.0 Å². The fourth-order valence-corrected chi connectivity index (χ4v) is 10.9. The van der Waals surface area contributed by atoms with Crippen LogP contribution in [-0.4, -0.2) is 19.9 Å². The van der Waals surface area contributed by atoms with Crippen LogP contribution >= 0.6 is 0 Å². The molecule has 0 radical (unpaired) electrons. The molecule has 0 amide bonds. The Hall–Kier alpha value is -5.74. The van der Waals surface area contributed by atoms with Gasteiger partial charge in [-0.2, -0.15) is 0 Å². The van der Waals surface area contributed by atoms with E-state index < -0.39 is 0 Å². The molecule has 12 rings (SSSR count). The molecule has 0 unspecified atom stereocenters. The molecular formula is C48H38N4. The first-order chi connectivity index (χ1) is 25.7. The second-order valence-electron chi connectivity index (χ2n) is 15.6. The number of rotatable bonds is 5. The molecule has 5 aliphatic rings. The third-order valence-electron chi connectivity index (χ3n) is 12.8. The van der Waals surface area contributed by atoms with E-state index in [0.717, 1.165) is 57.1 Å². The molecule has 0 saturated heterocycles. The minimum atomic E-state index is 0.114. The van der Waals surface area contributed by atoms with Gasteiger partial charge in [0, 0.05) is 40.1 Å². The largest absolute Gasteiger partial charge is 0.264 e. The van der Waals surface area contributed by atoms with E-state index >= 15 is 0 Å². The van der Waals surface area contributed by atoms with Gasteiger partial charge in [0.25, 0.3) is 0 Å². The predicted molar refractivity (Wildman–Crippen MR) is 208 cm³/mol. The summed E-state index contributed by atoms with van der Waals surface area (Å²) < 4.78 is 0. The van der Waals surface area contributed by atoms with E-state index in [4.69, 9.17) is 15.0 Å². The fourth-order valence-electron chi connectivity index (χ4n) is 10.9. The Labute approximate surface area is 304 Å². The van der Waals surface area contributed by atoms with Crippen LogP contribution in [0.25, 0.3) is 67.5 Å². The average molecular weight is 671 g/mol. The molecule has 4 fully saturated rings. The van der Waals surface area contributed by atoms with Crippen LogP contribution in [0.1, 0.15) is 43.2 Å². The summed E-state index contributed by atoms with van der Waals surface area (Å²) in [4.78, 5) is 19.7. The minimum absolute atomic E-state index is 0.114. The van der Waals surface area contributed by atoms with Gasteiger partial charge in [-0.3, -0.25) is 4.98 Å². The summed E-state index contributed by atoms with van der Waals surface area (Å²) in [5, 5.41) is 0. The van der Waals surface area contributed by atoms with Crippen molar-refractivity contribution in [2.24, 2.45) is 23.7 Å². The SMILES string of the molecule is c1ccc(-c2nc(-c3ccccc3)nc(-c3cc(-c4cccnc4)cc(-c4ccc5c(c4)C4(c6ccccc6-5)C5CC6CC(C5)CC4C6)c3)n2)cc1. The summed E-state index contributed by atoms with van der Waals surface area (Å²) in [5.74, 6) is 5.24. The van der Waals surface area contributed by atoms with Gasteiger partial charge in [0.1, 0.15) is 0 Å². The normalized spacial score (nSPS) is 23.5. The summed E-state index contributed by atoms with van der Waals surface area (Å²) in [5.41, 5.74) is 13.6. The zero-order chi connectivity index (χ0) is 34.2. The van der Waals surface area contributed by atoms with Gasteiger partial charge < -0.3 is 0 Å². The molecule has 2 heterocycles. The lowest BCUT2D eigenvalue weighted by atomic mass is 9.43. The number of nitrogens with zero attached hydrogens (tertiary/aromatic N) is 4. The van der Waals surface area contributed by atoms with E-state index in [2.05, 4.69) is 96.0 Å². The Kier molecular flexibility index (Phi) is 6.70. The number of fused-ring (bicyclic) bond motifs is 3. The van der Waals surface area contributed by atoms with Crippen molar-refractivity contribution in [3.63, 3.8) is 0 Å². The van der Waals surface area contributed by atoms with Gasteiger partial charge in [-0.1, -0.05) is 103 Å². The molecule has 4 bridgehead atoms. The van der Waals surface area contributed by atoms with Gasteiger partial charge in [-0.15, -0.1) is 0 Å². The quantitative estimate of drug-likeness (QED) is 0.183. The van der Waals surface area contributed by atoms with Crippen LogP contribution in [0.4, 0.5) is 0 Å². The lowest BCUT2D eigenvalue weighted by Crippen LogP contribution is -2.55. The third kappa shape index (κ3) is 4.60. The monoisotopic (exact) mass is 670 g/mol. The molecule has 5 aliphatic carbocycles. The van der Waals surface area contributed by atoms with Gasteiger partial charge in [-0.05, 0) is 125 Å². The van der Waals surface area contributed by atoms with Gasteiger partial charge in [0.15, 0.2) is 17.5 Å². The molecular weight excluding hydrogens is 633 g/mol. The predicted octanol–water partition coefficient (Wildman–Crippen LogP) is 11.3. The summed E-state index contributed by atoms with van der Waals surface area (Å²) in [6.45, 7) is 0. The maximum atomic E-state index is 5.13. The third-order valence-corrected chi connectivity index (χ3v) is 12.8. The summed E-state index contributed by atoms with van der Waals surface area (Å²) in [6, 6.07) is 48.1. The van der Waals surface area contributed by atoms with Crippen LogP contribution in [0.3, 0.4) is 0 Å². The van der Waals surface area contributed by atoms with Crippen molar-refractivity contribution in [3.05, 3.63) is 157 Å². The lowest BCUT2D eigenvalue weighted by Gasteiger charge is -2.61. The number of hydrogen-bond donors (Lipinski definition) is 0. The summed E-state index contributed by atoms with van der Waals surface area (Å²) >= 11 is 0. The van der Waals surface area contributed by atoms with E-state index in [1.165, 1.54) is 48.8 Å². The first kappa shape index (κ1) is 29.9. The molecule has 0 N–H and O–H groups in total. The zero-order valence-corrected chi connectivity index (χ0v) is 29.0. The highest BCUT2D eigenvalue weighted by molar-refractivity contribution is 5.86. The maximum Gasteiger partial charge on any atom is 0.164 e. The standard InChI is InChI=1S/C48H38N4/c1-3-10-32(11-4-1)45-50-46(33-12-5-2-6-13-33)52-47(51-45)38-26-36(25-37(27-38)35-14-9-19-49-29-35)34-17-18-42-41-15-7-8-16-43(41)48(44(42)28-34)39-21-30-20-31(23-39)24-40(48)22-30/h1-19,25-31,39-40H,20-24H2. The van der Waals surface area contributed by atoms with Crippen LogP contribution in [0.5, 0.6) is 0 Å². The topological polar surface area (TPSA) is 51.6 Å². The molecule has 4 nitrogen and oxygen atoms in total. The van der Waals surface area contributed by atoms with Crippen molar-refractivity contribution in [1.82, 2.24) is 19.9 Å². The first-order valence-electron chi connectivity index (χ1n) is 18.9. The number of pyridine rings is 1. The summed E-state index contributed by atoms with van der Waals surface area (Å²) in [6.07, 6.45) is 10.7. The number of benzene rings is 5. The zero-order valence-electron chi connectivity index (χ0n) is 29.0. The molecule has 1 spiro atoms. The lowest BCUT2D eigenvalue weighted by molar-refractivity contribution is -0.0399. The highest BCUT2D eigenvalue weighted by atomic mass is 15.0. The second kappa shape index (κ2) is 11.6. The average Bonchev–Trinajstić information content (AvgIpc) is 3.50. The number of aromatic nitrogens is 4. The maximum absolute atomic E-state index is 5.13. The molecule has 7 aromatic rings. The molecule has 5 aromatic carbocycles. The van der Waals surface area contributed by atoms with Crippen LogP contribution in [0.2, 0.25) is 0 Å². The van der Waals surface area contributed by atoms with Crippen LogP contribution in [0, 0.1) is 23.7 Å². The van der Waals surface area contributed by atoms with Crippen LogP contribution < -0.4 is 0 Å². The molecule has 52 heavy (non-hydrogen) atoms. The Morgan fingerprint density at radius 3 is 1.58 bits per heavy atom. The molecule has 0 aliphatic heterocycles. The molecule has 2 aromatic heterocycles.